The highest BCUT2D eigenvalue weighted by molar-refractivity contribution is 5.84. The third-order valence-electron chi connectivity index (χ3n) is 3.72. The number of nitrogens with two attached hydrogens (primary N) is 1. The van der Waals surface area contributed by atoms with Crippen LogP contribution in [0, 0.1) is 0 Å². The summed E-state index contributed by atoms with van der Waals surface area (Å²) in [5.74, 6) is 1.43. The summed E-state index contributed by atoms with van der Waals surface area (Å²) < 4.78 is 5.91. The van der Waals surface area contributed by atoms with Crippen LogP contribution in [0.1, 0.15) is 25.5 Å². The van der Waals surface area contributed by atoms with Crippen LogP contribution in [0.4, 0.5) is 11.8 Å². The Labute approximate surface area is 141 Å². The predicted octanol–water partition coefficient (Wildman–Crippen LogP) is 3.40. The van der Waals surface area contributed by atoms with E-state index in [0.29, 0.717) is 18.2 Å². The SMILES string of the molecule is CCCCNc1nc(N)ncc1OCc1nccc2ccccc12. The Morgan fingerprint density at radius 3 is 2.92 bits per heavy atom. The molecule has 0 aliphatic carbocycles. The molecule has 2 aromatic heterocycles. The standard InChI is InChI=1S/C18H21N5O/c1-2-3-9-21-17-16(11-22-18(19)23-17)24-12-15-14-7-5-4-6-13(14)8-10-20-15/h4-8,10-11H,2-3,9,12H2,1H3,(H3,19,21,22,23). The number of nitrogen functional groups attached to an aromatic ring is 1. The Morgan fingerprint density at radius 2 is 2.04 bits per heavy atom. The number of hydrogen-bond acceptors (Lipinski definition) is 6. The van der Waals surface area contributed by atoms with Gasteiger partial charge in [0.25, 0.3) is 0 Å². The molecule has 1 aromatic carbocycles. The highest BCUT2D eigenvalue weighted by Crippen LogP contribution is 2.24. The van der Waals surface area contributed by atoms with Crippen LogP contribution in [0.25, 0.3) is 10.8 Å². The lowest BCUT2D eigenvalue weighted by Crippen LogP contribution is -2.09. The number of nitrogens with zero attached hydrogens (tertiary/aromatic N) is 3. The fraction of sp³-hybridized carbons (Fsp3) is 0.278. The van der Waals surface area contributed by atoms with Crippen LogP contribution >= 0.6 is 0 Å². The van der Waals surface area contributed by atoms with Gasteiger partial charge >= 0.3 is 0 Å². The smallest absolute Gasteiger partial charge is 0.222 e. The molecular formula is C18H21N5O. The lowest BCUT2D eigenvalue weighted by atomic mass is 10.1. The summed E-state index contributed by atoms with van der Waals surface area (Å²) >= 11 is 0. The average Bonchev–Trinajstić information content (AvgIpc) is 2.61. The molecule has 0 unspecified atom stereocenters. The first kappa shape index (κ1) is 16.0. The Hall–Kier alpha value is -2.89. The summed E-state index contributed by atoms with van der Waals surface area (Å²) in [6.45, 7) is 3.30. The number of nitrogens with one attached hydrogen (secondary N) is 1. The largest absolute Gasteiger partial charge is 0.482 e. The number of ether oxygens (including phenoxy) is 1. The maximum absolute atomic E-state index is 5.91. The van der Waals surface area contributed by atoms with Crippen molar-refractivity contribution in [2.45, 2.75) is 26.4 Å². The van der Waals surface area contributed by atoms with Gasteiger partial charge in [0, 0.05) is 18.1 Å². The van der Waals surface area contributed by atoms with Gasteiger partial charge in [0.2, 0.25) is 5.95 Å². The second-order valence-corrected chi connectivity index (χ2v) is 5.49. The molecule has 0 atom stereocenters. The van der Waals surface area contributed by atoms with Crippen molar-refractivity contribution >= 4 is 22.5 Å². The minimum absolute atomic E-state index is 0.227. The van der Waals surface area contributed by atoms with Crippen LogP contribution in [0.15, 0.2) is 42.7 Å². The highest BCUT2D eigenvalue weighted by atomic mass is 16.5. The van der Waals surface area contributed by atoms with Crippen LogP contribution in [0.3, 0.4) is 0 Å². The predicted molar refractivity (Wildman–Crippen MR) is 95.9 cm³/mol. The van der Waals surface area contributed by atoms with Crippen LogP contribution < -0.4 is 15.8 Å². The topological polar surface area (TPSA) is 86.0 Å². The van der Waals surface area contributed by atoms with Crippen LogP contribution in [-0.2, 0) is 6.61 Å². The zero-order chi connectivity index (χ0) is 16.8. The van der Waals surface area contributed by atoms with Crippen LogP contribution in [0.2, 0.25) is 0 Å². The fourth-order valence-corrected chi connectivity index (χ4v) is 2.44. The third kappa shape index (κ3) is 3.71. The Balaban J connectivity index is 1.78. The minimum Gasteiger partial charge on any atom is -0.482 e. The molecule has 2 heterocycles. The van der Waals surface area contributed by atoms with E-state index in [1.165, 1.54) is 0 Å². The van der Waals surface area contributed by atoms with Gasteiger partial charge in [-0.1, -0.05) is 37.6 Å². The molecule has 0 aliphatic heterocycles. The van der Waals surface area contributed by atoms with E-state index in [0.717, 1.165) is 35.9 Å². The number of fused-ring (bicyclic) bond motifs is 1. The van der Waals surface area contributed by atoms with Crippen molar-refractivity contribution in [2.24, 2.45) is 0 Å². The number of hydrogen-bond donors (Lipinski definition) is 2. The number of pyridine rings is 1. The lowest BCUT2D eigenvalue weighted by molar-refractivity contribution is 0.302. The van der Waals surface area contributed by atoms with Crippen molar-refractivity contribution in [2.75, 3.05) is 17.6 Å². The van der Waals surface area contributed by atoms with E-state index >= 15 is 0 Å². The zero-order valence-electron chi connectivity index (χ0n) is 13.7. The van der Waals surface area contributed by atoms with Crippen LogP contribution in [0.5, 0.6) is 5.75 Å². The Morgan fingerprint density at radius 1 is 1.17 bits per heavy atom. The molecule has 124 valence electrons. The molecule has 24 heavy (non-hydrogen) atoms. The fourth-order valence-electron chi connectivity index (χ4n) is 2.44. The summed E-state index contributed by atoms with van der Waals surface area (Å²) in [4.78, 5) is 12.7. The van der Waals surface area contributed by atoms with E-state index < -0.39 is 0 Å². The lowest BCUT2D eigenvalue weighted by Gasteiger charge is -2.12. The van der Waals surface area contributed by atoms with E-state index in [1.54, 1.807) is 12.4 Å². The Bertz CT molecular complexity index is 816. The normalized spacial score (nSPS) is 10.7. The van der Waals surface area contributed by atoms with Crippen molar-refractivity contribution < 1.29 is 4.74 Å². The maximum atomic E-state index is 5.91. The van der Waals surface area contributed by atoms with Gasteiger partial charge < -0.3 is 15.8 Å². The first-order chi connectivity index (χ1) is 11.8. The molecule has 3 rings (SSSR count). The number of benzene rings is 1. The quantitative estimate of drug-likeness (QED) is 0.648. The molecular weight excluding hydrogens is 302 g/mol. The van der Waals surface area contributed by atoms with Gasteiger partial charge in [-0.2, -0.15) is 4.98 Å². The molecule has 0 saturated carbocycles. The van der Waals surface area contributed by atoms with Gasteiger partial charge in [0.05, 0.1) is 11.9 Å². The van der Waals surface area contributed by atoms with Gasteiger partial charge in [0.1, 0.15) is 6.61 Å². The minimum atomic E-state index is 0.227. The molecule has 0 spiro atoms. The number of unbranched alkanes of at least 4 members (excludes halogenated alkanes) is 1. The molecule has 6 heteroatoms. The summed E-state index contributed by atoms with van der Waals surface area (Å²) in [5, 5.41) is 5.47. The van der Waals surface area contributed by atoms with Crippen LogP contribution in [-0.4, -0.2) is 21.5 Å². The molecule has 3 aromatic rings. The second kappa shape index (κ2) is 7.59. The summed E-state index contributed by atoms with van der Waals surface area (Å²) in [6.07, 6.45) is 5.54. The molecule has 0 fully saturated rings. The first-order valence-electron chi connectivity index (χ1n) is 8.09. The van der Waals surface area contributed by atoms with Crippen molar-refractivity contribution in [3.05, 3.63) is 48.4 Å². The van der Waals surface area contributed by atoms with Gasteiger partial charge in [-0.15, -0.1) is 0 Å². The zero-order valence-corrected chi connectivity index (χ0v) is 13.7. The Kier molecular flexibility index (Phi) is 5.05. The summed E-state index contributed by atoms with van der Waals surface area (Å²) in [5.41, 5.74) is 6.56. The van der Waals surface area contributed by atoms with E-state index in [1.807, 2.05) is 24.3 Å². The number of anilines is 2. The van der Waals surface area contributed by atoms with Crippen molar-refractivity contribution in [1.82, 2.24) is 15.0 Å². The van der Waals surface area contributed by atoms with Gasteiger partial charge in [0.15, 0.2) is 11.6 Å². The van der Waals surface area contributed by atoms with E-state index in [2.05, 4.69) is 33.3 Å². The van der Waals surface area contributed by atoms with E-state index in [-0.39, 0.29) is 5.95 Å². The maximum Gasteiger partial charge on any atom is 0.222 e. The number of rotatable bonds is 7. The summed E-state index contributed by atoms with van der Waals surface area (Å²) in [6, 6.07) is 10.1. The highest BCUT2D eigenvalue weighted by Gasteiger charge is 2.09. The average molecular weight is 323 g/mol. The van der Waals surface area contributed by atoms with Gasteiger partial charge in [-0.3, -0.25) is 4.98 Å². The third-order valence-corrected chi connectivity index (χ3v) is 3.72. The van der Waals surface area contributed by atoms with Gasteiger partial charge in [-0.05, 0) is 17.9 Å². The molecule has 0 bridgehead atoms. The first-order valence-corrected chi connectivity index (χ1v) is 8.09. The van der Waals surface area contributed by atoms with Crippen molar-refractivity contribution in [1.29, 1.82) is 0 Å². The molecule has 0 amide bonds. The van der Waals surface area contributed by atoms with E-state index in [4.69, 9.17) is 10.5 Å². The second-order valence-electron chi connectivity index (χ2n) is 5.49. The van der Waals surface area contributed by atoms with Gasteiger partial charge in [-0.25, -0.2) is 4.98 Å². The molecule has 6 nitrogen and oxygen atoms in total. The number of aromatic nitrogens is 3. The monoisotopic (exact) mass is 323 g/mol. The molecule has 0 radical (unpaired) electrons. The molecule has 3 N–H and O–H groups in total. The van der Waals surface area contributed by atoms with Crippen molar-refractivity contribution in [3.63, 3.8) is 0 Å². The molecule has 0 saturated heterocycles. The van der Waals surface area contributed by atoms with Crippen molar-refractivity contribution in [3.8, 4) is 5.75 Å². The molecule has 0 aliphatic rings. The summed E-state index contributed by atoms with van der Waals surface area (Å²) in [7, 11) is 0. The van der Waals surface area contributed by atoms with E-state index in [9.17, 15) is 0 Å².